The van der Waals surface area contributed by atoms with E-state index in [9.17, 15) is 0 Å². The van der Waals surface area contributed by atoms with E-state index in [0.717, 1.165) is 41.3 Å². The number of benzene rings is 1. The van der Waals surface area contributed by atoms with Crippen LogP contribution in [0.5, 0.6) is 5.75 Å². The van der Waals surface area contributed by atoms with E-state index in [-0.39, 0.29) is 0 Å². The molecule has 0 saturated heterocycles. The number of aryl methyl sites for hydroxylation is 1. The molecule has 3 nitrogen and oxygen atoms in total. The van der Waals surface area contributed by atoms with Gasteiger partial charge in [-0.15, -0.1) is 0 Å². The third-order valence-electron chi connectivity index (χ3n) is 3.01. The molecule has 0 radical (unpaired) electrons. The van der Waals surface area contributed by atoms with Crippen molar-refractivity contribution in [3.05, 3.63) is 51.9 Å². The lowest BCUT2D eigenvalue weighted by Gasteiger charge is -2.03. The first-order chi connectivity index (χ1) is 9.69. The summed E-state index contributed by atoms with van der Waals surface area (Å²) in [6.45, 7) is 6.48. The van der Waals surface area contributed by atoms with Crippen LogP contribution < -0.4 is 10.1 Å². The maximum atomic E-state index is 5.72. The molecule has 0 bridgehead atoms. The third-order valence-corrected chi connectivity index (χ3v) is 3.54. The van der Waals surface area contributed by atoms with Gasteiger partial charge in [-0.25, -0.2) is 0 Å². The Hall–Kier alpha value is -1.26. The Morgan fingerprint density at radius 2 is 2.00 bits per heavy atom. The molecule has 0 saturated carbocycles. The Kier molecular flexibility index (Phi) is 5.68. The Morgan fingerprint density at radius 1 is 1.25 bits per heavy atom. The molecule has 1 N–H and O–H groups in total. The van der Waals surface area contributed by atoms with Gasteiger partial charge < -0.3 is 14.5 Å². The van der Waals surface area contributed by atoms with Crippen LogP contribution in [0.25, 0.3) is 0 Å². The standard InChI is InChI=1S/C16H20BrNO2/c1-3-8-18-10-13-9-16(20-12(13)2)11-19-15-6-4-14(17)5-7-15/h4-7,9,18H,3,8,10-11H2,1-2H3. The van der Waals surface area contributed by atoms with Crippen LogP contribution in [0.1, 0.15) is 30.4 Å². The maximum absolute atomic E-state index is 5.72. The first-order valence-electron chi connectivity index (χ1n) is 6.86. The fourth-order valence-electron chi connectivity index (χ4n) is 1.92. The Labute approximate surface area is 128 Å². The summed E-state index contributed by atoms with van der Waals surface area (Å²) in [5.41, 5.74) is 1.20. The third kappa shape index (κ3) is 4.39. The van der Waals surface area contributed by atoms with Crippen molar-refractivity contribution in [1.82, 2.24) is 5.32 Å². The van der Waals surface area contributed by atoms with Crippen LogP contribution in [0, 0.1) is 6.92 Å². The highest BCUT2D eigenvalue weighted by molar-refractivity contribution is 9.10. The second-order valence-corrected chi connectivity index (χ2v) is 5.63. The van der Waals surface area contributed by atoms with Crippen LogP contribution in [0.2, 0.25) is 0 Å². The van der Waals surface area contributed by atoms with Crippen molar-refractivity contribution in [2.75, 3.05) is 6.54 Å². The lowest BCUT2D eigenvalue weighted by molar-refractivity contribution is 0.267. The number of rotatable bonds is 7. The molecule has 0 amide bonds. The molecule has 1 heterocycles. The minimum absolute atomic E-state index is 0.455. The SMILES string of the molecule is CCCNCc1cc(COc2ccc(Br)cc2)oc1C. The number of hydrogen-bond acceptors (Lipinski definition) is 3. The van der Waals surface area contributed by atoms with Gasteiger partial charge in [-0.1, -0.05) is 22.9 Å². The summed E-state index contributed by atoms with van der Waals surface area (Å²) < 4.78 is 12.5. The summed E-state index contributed by atoms with van der Waals surface area (Å²) >= 11 is 3.40. The predicted molar refractivity (Wildman–Crippen MR) is 83.9 cm³/mol. The van der Waals surface area contributed by atoms with Gasteiger partial charge in [-0.2, -0.15) is 0 Å². The highest BCUT2D eigenvalue weighted by atomic mass is 79.9. The largest absolute Gasteiger partial charge is 0.486 e. The molecule has 0 aliphatic rings. The molecule has 0 spiro atoms. The smallest absolute Gasteiger partial charge is 0.146 e. The van der Waals surface area contributed by atoms with E-state index in [1.165, 1.54) is 5.56 Å². The average Bonchev–Trinajstić information content (AvgIpc) is 2.79. The van der Waals surface area contributed by atoms with Crippen LogP contribution in [0.15, 0.2) is 39.2 Å². The van der Waals surface area contributed by atoms with Crippen molar-refractivity contribution in [2.24, 2.45) is 0 Å². The van der Waals surface area contributed by atoms with Gasteiger partial charge in [0.05, 0.1) is 0 Å². The average molecular weight is 338 g/mol. The molecule has 1 aromatic heterocycles. The van der Waals surface area contributed by atoms with Crippen molar-refractivity contribution in [3.63, 3.8) is 0 Å². The summed E-state index contributed by atoms with van der Waals surface area (Å²) in [7, 11) is 0. The lowest BCUT2D eigenvalue weighted by Crippen LogP contribution is -2.13. The van der Waals surface area contributed by atoms with E-state index in [2.05, 4.69) is 34.2 Å². The van der Waals surface area contributed by atoms with Crippen molar-refractivity contribution in [3.8, 4) is 5.75 Å². The van der Waals surface area contributed by atoms with Gasteiger partial charge in [0.15, 0.2) is 0 Å². The van der Waals surface area contributed by atoms with Gasteiger partial charge in [-0.3, -0.25) is 0 Å². The molecule has 20 heavy (non-hydrogen) atoms. The molecule has 0 atom stereocenters. The zero-order valence-electron chi connectivity index (χ0n) is 11.9. The number of nitrogens with one attached hydrogen (secondary N) is 1. The molecule has 1 aromatic carbocycles. The second-order valence-electron chi connectivity index (χ2n) is 4.71. The first kappa shape index (κ1) is 15.1. The molecule has 0 aliphatic carbocycles. The van der Waals surface area contributed by atoms with E-state index in [1.54, 1.807) is 0 Å². The quantitative estimate of drug-likeness (QED) is 0.759. The highest BCUT2D eigenvalue weighted by Gasteiger charge is 2.07. The monoisotopic (exact) mass is 337 g/mol. The van der Waals surface area contributed by atoms with Crippen molar-refractivity contribution >= 4 is 15.9 Å². The predicted octanol–water partition coefficient (Wildman–Crippen LogP) is 4.43. The molecule has 0 fully saturated rings. The van der Waals surface area contributed by atoms with Gasteiger partial charge in [-0.05, 0) is 50.2 Å². The minimum atomic E-state index is 0.455. The molecule has 4 heteroatoms. The molecule has 0 aliphatic heterocycles. The Morgan fingerprint density at radius 3 is 2.70 bits per heavy atom. The number of furan rings is 1. The molecular formula is C16H20BrNO2. The minimum Gasteiger partial charge on any atom is -0.486 e. The topological polar surface area (TPSA) is 34.4 Å². The Balaban J connectivity index is 1.89. The van der Waals surface area contributed by atoms with Gasteiger partial charge in [0.2, 0.25) is 0 Å². The van der Waals surface area contributed by atoms with Crippen molar-refractivity contribution in [2.45, 2.75) is 33.4 Å². The lowest BCUT2D eigenvalue weighted by atomic mass is 10.2. The van der Waals surface area contributed by atoms with Crippen molar-refractivity contribution < 1.29 is 9.15 Å². The number of halogens is 1. The van der Waals surface area contributed by atoms with Crippen LogP contribution in [0.3, 0.4) is 0 Å². The van der Waals surface area contributed by atoms with E-state index < -0.39 is 0 Å². The van der Waals surface area contributed by atoms with E-state index >= 15 is 0 Å². The first-order valence-corrected chi connectivity index (χ1v) is 7.65. The summed E-state index contributed by atoms with van der Waals surface area (Å²) in [6.07, 6.45) is 1.14. The summed E-state index contributed by atoms with van der Waals surface area (Å²) in [5.74, 6) is 2.66. The van der Waals surface area contributed by atoms with E-state index in [0.29, 0.717) is 6.61 Å². The zero-order chi connectivity index (χ0) is 14.4. The normalized spacial score (nSPS) is 10.8. The molecular weight excluding hydrogens is 318 g/mol. The van der Waals surface area contributed by atoms with Gasteiger partial charge in [0.25, 0.3) is 0 Å². The zero-order valence-corrected chi connectivity index (χ0v) is 13.5. The van der Waals surface area contributed by atoms with Crippen LogP contribution >= 0.6 is 15.9 Å². The summed E-state index contributed by atoms with van der Waals surface area (Å²) in [4.78, 5) is 0. The number of ether oxygens (including phenoxy) is 1. The van der Waals surface area contributed by atoms with Gasteiger partial charge in [0.1, 0.15) is 23.9 Å². The highest BCUT2D eigenvalue weighted by Crippen LogP contribution is 2.19. The van der Waals surface area contributed by atoms with Crippen LogP contribution in [0.4, 0.5) is 0 Å². The van der Waals surface area contributed by atoms with Gasteiger partial charge in [0, 0.05) is 16.6 Å². The summed E-state index contributed by atoms with van der Waals surface area (Å²) in [5, 5.41) is 3.38. The van der Waals surface area contributed by atoms with Crippen LogP contribution in [-0.4, -0.2) is 6.54 Å². The maximum Gasteiger partial charge on any atom is 0.146 e. The second kappa shape index (κ2) is 7.50. The molecule has 108 valence electrons. The van der Waals surface area contributed by atoms with E-state index in [1.807, 2.05) is 31.2 Å². The van der Waals surface area contributed by atoms with E-state index in [4.69, 9.17) is 9.15 Å². The molecule has 2 rings (SSSR count). The molecule has 0 unspecified atom stereocenters. The summed E-state index contributed by atoms with van der Waals surface area (Å²) in [6, 6.07) is 9.86. The van der Waals surface area contributed by atoms with Gasteiger partial charge >= 0.3 is 0 Å². The van der Waals surface area contributed by atoms with Crippen LogP contribution in [-0.2, 0) is 13.2 Å². The number of hydrogen-bond donors (Lipinski definition) is 1. The fourth-order valence-corrected chi connectivity index (χ4v) is 2.18. The fraction of sp³-hybridized carbons (Fsp3) is 0.375. The molecule has 2 aromatic rings. The Bertz CT molecular complexity index is 534. The van der Waals surface area contributed by atoms with Crippen molar-refractivity contribution in [1.29, 1.82) is 0 Å².